The number of amides is 1. The zero-order valence-electron chi connectivity index (χ0n) is 14.1. The number of rotatable bonds is 9. The van der Waals surface area contributed by atoms with E-state index in [9.17, 15) is 18.0 Å². The van der Waals surface area contributed by atoms with Crippen LogP contribution < -0.4 is 10.0 Å². The quantitative estimate of drug-likeness (QED) is 0.589. The second-order valence-electron chi connectivity index (χ2n) is 6.44. The molecule has 9 heteroatoms. The van der Waals surface area contributed by atoms with Crippen molar-refractivity contribution in [3.05, 3.63) is 29.8 Å². The van der Waals surface area contributed by atoms with Crippen molar-refractivity contribution in [1.82, 2.24) is 10.0 Å². The number of benzene rings is 1. The Bertz CT molecular complexity index is 760. The molecule has 1 unspecified atom stereocenters. The van der Waals surface area contributed by atoms with E-state index in [-0.39, 0.29) is 29.5 Å². The predicted molar refractivity (Wildman–Crippen MR) is 89.8 cm³/mol. The summed E-state index contributed by atoms with van der Waals surface area (Å²) in [5, 5.41) is 11.6. The predicted octanol–water partition coefficient (Wildman–Crippen LogP) is 0.737. The topological polar surface area (TPSA) is 122 Å². The fourth-order valence-corrected chi connectivity index (χ4v) is 3.77. The molecule has 1 saturated carbocycles. The zero-order chi connectivity index (χ0) is 18.7. The van der Waals surface area contributed by atoms with Gasteiger partial charge in [-0.25, -0.2) is 13.1 Å². The molecule has 0 aliphatic heterocycles. The summed E-state index contributed by atoms with van der Waals surface area (Å²) in [7, 11) is -2.27. The van der Waals surface area contributed by atoms with E-state index >= 15 is 0 Å². The van der Waals surface area contributed by atoms with Crippen LogP contribution in [-0.2, 0) is 19.6 Å². The lowest BCUT2D eigenvalue weighted by Gasteiger charge is -2.28. The van der Waals surface area contributed by atoms with Crippen molar-refractivity contribution in [2.75, 3.05) is 13.7 Å². The monoisotopic (exact) mass is 370 g/mol. The van der Waals surface area contributed by atoms with Crippen LogP contribution in [-0.4, -0.2) is 50.7 Å². The molecule has 1 fully saturated rings. The van der Waals surface area contributed by atoms with Crippen LogP contribution in [0.25, 0.3) is 0 Å². The largest absolute Gasteiger partial charge is 0.481 e. The summed E-state index contributed by atoms with van der Waals surface area (Å²) in [6.07, 6.45) is 1.29. The molecule has 1 aromatic rings. The molecule has 1 amide bonds. The first-order valence-corrected chi connectivity index (χ1v) is 9.29. The van der Waals surface area contributed by atoms with Gasteiger partial charge in [-0.2, -0.15) is 0 Å². The minimum atomic E-state index is -3.67. The second kappa shape index (κ2) is 7.51. The highest BCUT2D eigenvalue weighted by Crippen LogP contribution is 2.22. The van der Waals surface area contributed by atoms with Crippen LogP contribution in [0.5, 0.6) is 0 Å². The summed E-state index contributed by atoms with van der Waals surface area (Å²) < 4.78 is 32.0. The molecule has 1 aliphatic rings. The highest BCUT2D eigenvalue weighted by molar-refractivity contribution is 7.89. The first-order chi connectivity index (χ1) is 11.6. The smallest absolute Gasteiger partial charge is 0.305 e. The summed E-state index contributed by atoms with van der Waals surface area (Å²) in [6, 6.07) is 5.59. The third-order valence-corrected chi connectivity index (χ3v) is 5.24. The summed E-state index contributed by atoms with van der Waals surface area (Å²) in [6.45, 7) is 1.56. The lowest BCUT2D eigenvalue weighted by Crippen LogP contribution is -2.50. The maximum absolute atomic E-state index is 12.5. The van der Waals surface area contributed by atoms with E-state index in [1.165, 1.54) is 31.4 Å². The minimum absolute atomic E-state index is 0.00118. The van der Waals surface area contributed by atoms with Crippen molar-refractivity contribution in [1.29, 1.82) is 0 Å². The highest BCUT2D eigenvalue weighted by atomic mass is 32.2. The standard InChI is InChI=1S/C16H22N2O6S/c1-16(10-24-2,9-14(19)20)17-15(21)11-4-3-5-13(8-11)25(22,23)18-12-6-7-12/h3-5,8,12,18H,6-7,9-10H2,1-2H3,(H,17,21)(H,19,20). The average molecular weight is 370 g/mol. The van der Waals surface area contributed by atoms with Gasteiger partial charge in [0.25, 0.3) is 5.91 Å². The van der Waals surface area contributed by atoms with E-state index in [4.69, 9.17) is 9.84 Å². The summed E-state index contributed by atoms with van der Waals surface area (Å²) in [4.78, 5) is 23.5. The Morgan fingerprint density at radius 2 is 2.04 bits per heavy atom. The fourth-order valence-electron chi connectivity index (χ4n) is 2.42. The third kappa shape index (κ3) is 5.52. The molecule has 1 atom stereocenters. The van der Waals surface area contributed by atoms with E-state index in [1.807, 2.05) is 0 Å². The van der Waals surface area contributed by atoms with Crippen molar-refractivity contribution in [3.63, 3.8) is 0 Å². The van der Waals surface area contributed by atoms with Gasteiger partial charge in [0, 0.05) is 18.7 Å². The van der Waals surface area contributed by atoms with Crippen molar-refractivity contribution >= 4 is 21.9 Å². The fraction of sp³-hybridized carbons (Fsp3) is 0.500. The van der Waals surface area contributed by atoms with Crippen molar-refractivity contribution in [2.45, 2.75) is 42.7 Å². The number of hydrogen-bond donors (Lipinski definition) is 3. The van der Waals surface area contributed by atoms with Gasteiger partial charge in [0.05, 0.1) is 23.5 Å². The molecular formula is C16H22N2O6S. The maximum Gasteiger partial charge on any atom is 0.305 e. The van der Waals surface area contributed by atoms with Gasteiger partial charge >= 0.3 is 5.97 Å². The molecule has 25 heavy (non-hydrogen) atoms. The Balaban J connectivity index is 2.18. The van der Waals surface area contributed by atoms with Gasteiger partial charge in [-0.3, -0.25) is 9.59 Å². The number of carbonyl (C=O) groups excluding carboxylic acids is 1. The van der Waals surface area contributed by atoms with Gasteiger partial charge in [-0.1, -0.05) is 6.07 Å². The van der Waals surface area contributed by atoms with Crippen LogP contribution in [0.15, 0.2) is 29.2 Å². The first kappa shape index (κ1) is 19.4. The lowest BCUT2D eigenvalue weighted by molar-refractivity contribution is -0.139. The number of ether oxygens (including phenoxy) is 1. The molecule has 2 rings (SSSR count). The Morgan fingerprint density at radius 3 is 2.60 bits per heavy atom. The molecule has 0 heterocycles. The van der Waals surface area contributed by atoms with Gasteiger partial charge in [-0.15, -0.1) is 0 Å². The normalized spacial score (nSPS) is 16.9. The molecule has 0 aromatic heterocycles. The van der Waals surface area contributed by atoms with Crippen LogP contribution >= 0.6 is 0 Å². The molecule has 1 aliphatic carbocycles. The van der Waals surface area contributed by atoms with Gasteiger partial charge in [0.2, 0.25) is 10.0 Å². The molecule has 0 saturated heterocycles. The van der Waals surface area contributed by atoms with Gasteiger partial charge in [-0.05, 0) is 38.0 Å². The van der Waals surface area contributed by atoms with E-state index in [1.54, 1.807) is 6.92 Å². The van der Waals surface area contributed by atoms with Gasteiger partial charge < -0.3 is 15.2 Å². The van der Waals surface area contributed by atoms with Gasteiger partial charge in [0.15, 0.2) is 0 Å². The van der Waals surface area contributed by atoms with Gasteiger partial charge in [0.1, 0.15) is 0 Å². The molecule has 1 aromatic carbocycles. The molecule has 0 bridgehead atoms. The molecule has 3 N–H and O–H groups in total. The number of carboxylic acid groups (broad SMARTS) is 1. The summed E-state index contributed by atoms with van der Waals surface area (Å²) >= 11 is 0. The zero-order valence-corrected chi connectivity index (χ0v) is 14.9. The van der Waals surface area contributed by atoms with Crippen LogP contribution in [0.1, 0.15) is 36.5 Å². The highest BCUT2D eigenvalue weighted by Gasteiger charge is 2.31. The number of sulfonamides is 1. The number of nitrogens with one attached hydrogen (secondary N) is 2. The molecule has 0 spiro atoms. The van der Waals surface area contributed by atoms with E-state index < -0.39 is 27.4 Å². The molecule has 138 valence electrons. The minimum Gasteiger partial charge on any atom is -0.481 e. The number of methoxy groups -OCH3 is 1. The van der Waals surface area contributed by atoms with E-state index in [2.05, 4.69) is 10.0 Å². The maximum atomic E-state index is 12.5. The first-order valence-electron chi connectivity index (χ1n) is 7.81. The van der Waals surface area contributed by atoms with Crippen molar-refractivity contribution in [2.24, 2.45) is 0 Å². The van der Waals surface area contributed by atoms with Crippen LogP contribution in [0.3, 0.4) is 0 Å². The molecule has 0 radical (unpaired) electrons. The number of carboxylic acids is 1. The van der Waals surface area contributed by atoms with Crippen LogP contribution in [0.2, 0.25) is 0 Å². The van der Waals surface area contributed by atoms with Crippen LogP contribution in [0, 0.1) is 0 Å². The molecule has 8 nitrogen and oxygen atoms in total. The molecular weight excluding hydrogens is 348 g/mol. The van der Waals surface area contributed by atoms with E-state index in [0.717, 1.165) is 12.8 Å². The van der Waals surface area contributed by atoms with Crippen LogP contribution in [0.4, 0.5) is 0 Å². The Hall–Kier alpha value is -1.97. The number of hydrogen-bond acceptors (Lipinski definition) is 5. The number of aliphatic carboxylic acids is 1. The Morgan fingerprint density at radius 1 is 1.36 bits per heavy atom. The number of carbonyl (C=O) groups is 2. The summed E-state index contributed by atoms with van der Waals surface area (Å²) in [5.74, 6) is -1.64. The average Bonchev–Trinajstić information content (AvgIpc) is 3.29. The Kier molecular flexibility index (Phi) is 5.81. The lowest BCUT2D eigenvalue weighted by atomic mass is 9.98. The SMILES string of the molecule is COCC(C)(CC(=O)O)NC(=O)c1cccc(S(=O)(=O)NC2CC2)c1. The Labute approximate surface area is 146 Å². The summed E-state index contributed by atoms with van der Waals surface area (Å²) in [5.41, 5.74) is -0.981. The third-order valence-electron chi connectivity index (χ3n) is 3.73. The van der Waals surface area contributed by atoms with Crippen molar-refractivity contribution < 1.29 is 27.9 Å². The van der Waals surface area contributed by atoms with Crippen molar-refractivity contribution in [3.8, 4) is 0 Å². The second-order valence-corrected chi connectivity index (χ2v) is 8.16. The van der Waals surface area contributed by atoms with E-state index in [0.29, 0.717) is 0 Å².